The topological polar surface area (TPSA) is 51.6 Å². The minimum absolute atomic E-state index is 0.564. The first-order valence-electron chi connectivity index (χ1n) is 5.00. The van der Waals surface area contributed by atoms with Gasteiger partial charge in [0, 0.05) is 30.3 Å². The average Bonchev–Trinajstić information content (AvgIpc) is 3.05. The Morgan fingerprint density at radius 1 is 1.13 bits per heavy atom. The quantitative estimate of drug-likeness (QED) is 0.688. The second-order valence-electron chi connectivity index (χ2n) is 3.96. The molecule has 1 radical (unpaired) electrons. The summed E-state index contributed by atoms with van der Waals surface area (Å²) >= 11 is 0. The molecule has 0 spiro atoms. The summed E-state index contributed by atoms with van der Waals surface area (Å²) in [6.07, 6.45) is 4.64. The van der Waals surface area contributed by atoms with E-state index in [-0.39, 0.29) is 0 Å². The van der Waals surface area contributed by atoms with Gasteiger partial charge >= 0.3 is 0 Å². The number of aromatic nitrogens is 4. The molecule has 2 bridgehead atoms. The molecule has 0 aromatic carbocycles. The number of rotatable bonds is 1. The normalized spacial score (nSPS) is 25.1. The Balaban J connectivity index is 1.89. The van der Waals surface area contributed by atoms with Gasteiger partial charge in [0.2, 0.25) is 0 Å². The fourth-order valence-electron chi connectivity index (χ4n) is 2.09. The van der Waals surface area contributed by atoms with Crippen LogP contribution in [0.4, 0.5) is 0 Å². The second kappa shape index (κ2) is 2.39. The van der Waals surface area contributed by atoms with E-state index >= 15 is 0 Å². The summed E-state index contributed by atoms with van der Waals surface area (Å²) in [6.45, 7) is 0. The lowest BCUT2D eigenvalue weighted by atomic mass is 10.2. The predicted octanol–water partition coefficient (Wildman–Crippen LogP) is 1.32. The Hall–Kier alpha value is -1.84. The molecule has 4 heteroatoms. The van der Waals surface area contributed by atoms with Crippen molar-refractivity contribution in [3.8, 4) is 11.5 Å². The average molecular weight is 195 g/mol. The highest BCUT2D eigenvalue weighted by atomic mass is 15.0. The van der Waals surface area contributed by atoms with E-state index in [0.29, 0.717) is 17.7 Å². The van der Waals surface area contributed by atoms with E-state index in [1.54, 1.807) is 18.5 Å². The first-order chi connectivity index (χ1) is 7.42. The third kappa shape index (κ3) is 0.960. The van der Waals surface area contributed by atoms with Crippen LogP contribution in [0.5, 0.6) is 0 Å². The maximum absolute atomic E-state index is 4.44. The molecule has 2 aromatic rings. The van der Waals surface area contributed by atoms with Crippen LogP contribution in [0, 0.1) is 6.07 Å². The Kier molecular flexibility index (Phi) is 1.19. The van der Waals surface area contributed by atoms with Gasteiger partial charge in [0.25, 0.3) is 0 Å². The highest BCUT2D eigenvalue weighted by Crippen LogP contribution is 2.57. The first kappa shape index (κ1) is 7.45. The molecular formula is C11H7N4. The molecule has 0 saturated heterocycles. The molecule has 4 rings (SSSR count). The van der Waals surface area contributed by atoms with E-state index in [9.17, 15) is 0 Å². The number of hydrogen-bond acceptors (Lipinski definition) is 4. The molecule has 0 amide bonds. The molecule has 2 unspecified atom stereocenters. The van der Waals surface area contributed by atoms with E-state index in [1.807, 2.05) is 0 Å². The van der Waals surface area contributed by atoms with Crippen LogP contribution >= 0.6 is 0 Å². The van der Waals surface area contributed by atoms with E-state index < -0.39 is 0 Å². The molecule has 1 saturated carbocycles. The van der Waals surface area contributed by atoms with Crippen LogP contribution in [-0.4, -0.2) is 19.9 Å². The van der Waals surface area contributed by atoms with E-state index in [0.717, 1.165) is 17.2 Å². The van der Waals surface area contributed by atoms with Gasteiger partial charge in [-0.05, 0) is 12.5 Å². The maximum Gasteiger partial charge on any atom is 0.178 e. The molecule has 0 N–H and O–H groups in total. The van der Waals surface area contributed by atoms with Crippen molar-refractivity contribution in [1.29, 1.82) is 0 Å². The molecule has 1 aliphatic heterocycles. The molecule has 1 aliphatic carbocycles. The monoisotopic (exact) mass is 195 g/mol. The van der Waals surface area contributed by atoms with Gasteiger partial charge in [-0.15, -0.1) is 0 Å². The van der Waals surface area contributed by atoms with Gasteiger partial charge in [-0.1, -0.05) is 0 Å². The number of nitrogens with zero attached hydrogens (tertiary/aromatic N) is 4. The third-order valence-electron chi connectivity index (χ3n) is 2.96. The lowest BCUT2D eigenvalue weighted by Gasteiger charge is -1.99. The summed E-state index contributed by atoms with van der Waals surface area (Å²) < 4.78 is 0. The van der Waals surface area contributed by atoms with E-state index in [2.05, 4.69) is 26.0 Å². The zero-order valence-electron chi connectivity index (χ0n) is 7.88. The van der Waals surface area contributed by atoms with Crippen LogP contribution in [0.1, 0.15) is 29.8 Å². The molecule has 2 atom stereocenters. The predicted molar refractivity (Wildman–Crippen MR) is 52.0 cm³/mol. The summed E-state index contributed by atoms with van der Waals surface area (Å²) in [5.74, 6) is 2.75. The van der Waals surface area contributed by atoms with Gasteiger partial charge < -0.3 is 0 Å². The van der Waals surface area contributed by atoms with Crippen LogP contribution in [0.15, 0.2) is 18.5 Å². The van der Waals surface area contributed by atoms with Gasteiger partial charge in [-0.3, -0.25) is 0 Å². The van der Waals surface area contributed by atoms with Crippen molar-refractivity contribution in [1.82, 2.24) is 19.9 Å². The molecule has 1 fully saturated rings. The van der Waals surface area contributed by atoms with Gasteiger partial charge in [-0.2, -0.15) is 0 Å². The van der Waals surface area contributed by atoms with Crippen molar-refractivity contribution < 1.29 is 0 Å². The number of hydrogen-bond donors (Lipinski definition) is 0. The van der Waals surface area contributed by atoms with Gasteiger partial charge in [-0.25, -0.2) is 19.9 Å². The van der Waals surface area contributed by atoms with Crippen molar-refractivity contribution >= 4 is 0 Å². The summed E-state index contributed by atoms with van der Waals surface area (Å²) in [5.41, 5.74) is 1.79. The van der Waals surface area contributed by atoms with Crippen molar-refractivity contribution in [3.05, 3.63) is 36.0 Å². The molecule has 71 valence electrons. The van der Waals surface area contributed by atoms with Crippen LogP contribution < -0.4 is 0 Å². The van der Waals surface area contributed by atoms with E-state index in [1.165, 1.54) is 6.42 Å². The Labute approximate surface area is 86.5 Å². The molecule has 2 aromatic heterocycles. The molecule has 4 nitrogen and oxygen atoms in total. The Bertz CT molecular complexity index is 511. The standard InChI is InChI=1S/C11H7N4/c1-2-12-11(13-3-1)9-5-8-6-4-7(6)10(14-8)15-9/h1-3,6-7H,4H2. The zero-order valence-corrected chi connectivity index (χ0v) is 7.88. The minimum atomic E-state index is 0.564. The van der Waals surface area contributed by atoms with Gasteiger partial charge in [0.05, 0.1) is 5.69 Å². The van der Waals surface area contributed by atoms with Crippen molar-refractivity contribution in [2.24, 2.45) is 0 Å². The molecule has 3 heterocycles. The zero-order chi connectivity index (χ0) is 9.83. The van der Waals surface area contributed by atoms with Crippen LogP contribution in [0.25, 0.3) is 11.5 Å². The van der Waals surface area contributed by atoms with Crippen LogP contribution in [0.3, 0.4) is 0 Å². The van der Waals surface area contributed by atoms with E-state index in [4.69, 9.17) is 0 Å². The smallest absolute Gasteiger partial charge is 0.178 e. The fourth-order valence-corrected chi connectivity index (χ4v) is 2.09. The maximum atomic E-state index is 4.44. The fraction of sp³-hybridized carbons (Fsp3) is 0.273. The Morgan fingerprint density at radius 2 is 2.00 bits per heavy atom. The van der Waals surface area contributed by atoms with Gasteiger partial charge in [0.1, 0.15) is 11.5 Å². The third-order valence-corrected chi connectivity index (χ3v) is 2.96. The van der Waals surface area contributed by atoms with Crippen LogP contribution in [0.2, 0.25) is 0 Å². The highest BCUT2D eigenvalue weighted by Gasteiger charge is 2.48. The highest BCUT2D eigenvalue weighted by molar-refractivity contribution is 5.51. The summed E-state index contributed by atoms with van der Waals surface area (Å²) in [5, 5.41) is 0. The van der Waals surface area contributed by atoms with Crippen molar-refractivity contribution in [2.45, 2.75) is 18.3 Å². The molecule has 15 heavy (non-hydrogen) atoms. The molecule has 2 aliphatic rings. The molecular weight excluding hydrogens is 188 g/mol. The largest absolute Gasteiger partial charge is 0.237 e. The summed E-state index contributed by atoms with van der Waals surface area (Å²) in [7, 11) is 0. The van der Waals surface area contributed by atoms with Crippen molar-refractivity contribution in [3.63, 3.8) is 0 Å². The number of fused-ring (bicyclic) bond motifs is 5. The first-order valence-corrected chi connectivity index (χ1v) is 5.00. The SMILES string of the molecule is [c]1c(-c2ncccn2)nc2nc1C1CC21. The summed E-state index contributed by atoms with van der Waals surface area (Å²) in [6, 6.07) is 5.00. The summed E-state index contributed by atoms with van der Waals surface area (Å²) in [4.78, 5) is 17.2. The minimum Gasteiger partial charge on any atom is -0.237 e. The lowest BCUT2D eigenvalue weighted by Crippen LogP contribution is -1.96. The lowest BCUT2D eigenvalue weighted by molar-refractivity contribution is 0.959. The van der Waals surface area contributed by atoms with Crippen molar-refractivity contribution in [2.75, 3.05) is 0 Å². The second-order valence-corrected chi connectivity index (χ2v) is 3.96. The Morgan fingerprint density at radius 3 is 2.80 bits per heavy atom. The van der Waals surface area contributed by atoms with Crippen LogP contribution in [-0.2, 0) is 0 Å². The van der Waals surface area contributed by atoms with Gasteiger partial charge in [0.15, 0.2) is 5.82 Å².